The summed E-state index contributed by atoms with van der Waals surface area (Å²) in [6, 6.07) is 11.6. The van der Waals surface area contributed by atoms with E-state index in [2.05, 4.69) is 25.6 Å². The molecule has 0 radical (unpaired) electrons. The SMILES string of the molecule is Cc1ncsc1-c1ccc(CNC(=O)[C@@H]2C[C@@H](O)CN2C(=O)[C@@H](NC(=O)CCC(=O)COc2cc([C@@H](O)[C@H]3O[C@@H](n4ccc5c(N)ncnc54)[C@H](O)[C@@H]3O)ccc2Cl)C(C)(C)C)cc1. The minimum atomic E-state index is -1.51. The quantitative estimate of drug-likeness (QED) is 0.0797. The summed E-state index contributed by atoms with van der Waals surface area (Å²) in [5.74, 6) is -1.76. The van der Waals surface area contributed by atoms with E-state index in [0.717, 1.165) is 21.7 Å². The number of β-amino-alcohol motifs (C(OH)–C–C–N with tert-alkyl or cyclic N) is 1. The Morgan fingerprint density at radius 1 is 1.03 bits per heavy atom. The molecule has 18 nitrogen and oxygen atoms in total. The van der Waals surface area contributed by atoms with Crippen LogP contribution in [-0.2, 0) is 30.5 Å². The second-order valence-electron chi connectivity index (χ2n) is 17.1. The summed E-state index contributed by atoms with van der Waals surface area (Å²) in [6.07, 6.45) is -5.44. The van der Waals surface area contributed by atoms with Crippen LogP contribution in [0.4, 0.5) is 5.82 Å². The normalized spacial score (nSPS) is 22.0. The molecule has 0 unspecified atom stereocenters. The molecule has 0 spiro atoms. The van der Waals surface area contributed by atoms with E-state index < -0.39 is 84.4 Å². The van der Waals surface area contributed by atoms with Crippen LogP contribution in [0.5, 0.6) is 5.75 Å². The smallest absolute Gasteiger partial charge is 0.246 e. The lowest BCUT2D eigenvalue weighted by molar-refractivity contribution is -0.144. The maximum absolute atomic E-state index is 14.0. The van der Waals surface area contributed by atoms with Crippen LogP contribution < -0.4 is 21.1 Å². The van der Waals surface area contributed by atoms with Crippen LogP contribution >= 0.6 is 22.9 Å². The maximum atomic E-state index is 14.0. The van der Waals surface area contributed by atoms with Gasteiger partial charge in [0.05, 0.1) is 32.6 Å². The van der Waals surface area contributed by atoms with E-state index in [1.54, 1.807) is 49.9 Å². The molecule has 2 aromatic carbocycles. The Bertz CT molecular complexity index is 2510. The Kier molecular flexibility index (Phi) is 14.0. The van der Waals surface area contributed by atoms with Crippen LogP contribution in [0.25, 0.3) is 21.5 Å². The number of nitrogens with two attached hydrogens (primary N) is 1. The van der Waals surface area contributed by atoms with Gasteiger partial charge in [0.2, 0.25) is 17.7 Å². The van der Waals surface area contributed by atoms with Crippen molar-refractivity contribution < 1.29 is 49.1 Å². The molecule has 5 heterocycles. The number of aliphatic hydroxyl groups excluding tert-OH is 4. The van der Waals surface area contributed by atoms with Crippen LogP contribution in [-0.4, -0.2) is 118 Å². The number of nitrogen functional groups attached to an aromatic ring is 1. The third-order valence-electron chi connectivity index (χ3n) is 11.4. The summed E-state index contributed by atoms with van der Waals surface area (Å²) in [6.45, 7) is 6.86. The number of likely N-dealkylation sites (tertiary alicyclic amines) is 1. The number of rotatable bonds is 15. The van der Waals surface area contributed by atoms with Crippen LogP contribution in [0.2, 0.25) is 5.02 Å². The van der Waals surface area contributed by atoms with Gasteiger partial charge in [-0.3, -0.25) is 19.2 Å². The molecule has 8 atom stereocenters. The number of anilines is 1. The number of hydrogen-bond acceptors (Lipinski definition) is 15. The van der Waals surface area contributed by atoms with Crippen molar-refractivity contribution in [2.24, 2.45) is 5.41 Å². The number of hydrogen-bond donors (Lipinski definition) is 7. The Balaban J connectivity index is 0.911. The van der Waals surface area contributed by atoms with E-state index in [4.69, 9.17) is 26.8 Å². The van der Waals surface area contributed by atoms with Gasteiger partial charge in [0.1, 0.15) is 66.6 Å². The number of aliphatic hydroxyl groups is 4. The van der Waals surface area contributed by atoms with Gasteiger partial charge in [-0.25, -0.2) is 15.0 Å². The number of aryl methyl sites for hydroxylation is 1. The fourth-order valence-electron chi connectivity index (χ4n) is 7.87. The van der Waals surface area contributed by atoms with Gasteiger partial charge < -0.3 is 55.7 Å². The highest BCUT2D eigenvalue weighted by Crippen LogP contribution is 2.39. The van der Waals surface area contributed by atoms with Crippen molar-refractivity contribution in [1.29, 1.82) is 0 Å². The first-order chi connectivity index (χ1) is 30.4. The first-order valence-corrected chi connectivity index (χ1v) is 21.9. The lowest BCUT2D eigenvalue weighted by Gasteiger charge is -2.35. The molecule has 2 fully saturated rings. The van der Waals surface area contributed by atoms with Crippen molar-refractivity contribution in [3.8, 4) is 16.2 Å². The largest absolute Gasteiger partial charge is 0.484 e. The fraction of sp³-hybridized carbons (Fsp3) is 0.432. The molecule has 340 valence electrons. The molecule has 0 aliphatic carbocycles. The zero-order valence-electron chi connectivity index (χ0n) is 35.6. The predicted octanol–water partition coefficient (Wildman–Crippen LogP) is 2.99. The van der Waals surface area contributed by atoms with Gasteiger partial charge in [0.15, 0.2) is 12.0 Å². The van der Waals surface area contributed by atoms with Crippen molar-refractivity contribution >= 4 is 63.3 Å². The molecule has 8 N–H and O–H groups in total. The molecular formula is C44H51ClN8O10S. The van der Waals surface area contributed by atoms with Crippen LogP contribution in [0.3, 0.4) is 0 Å². The molecule has 2 saturated heterocycles. The Morgan fingerprint density at radius 2 is 1.78 bits per heavy atom. The van der Waals surface area contributed by atoms with E-state index in [1.165, 1.54) is 34.0 Å². The van der Waals surface area contributed by atoms with Gasteiger partial charge in [0, 0.05) is 38.5 Å². The molecule has 64 heavy (non-hydrogen) atoms. The van der Waals surface area contributed by atoms with Crippen molar-refractivity contribution in [3.05, 3.63) is 88.4 Å². The molecule has 5 aromatic rings. The summed E-state index contributed by atoms with van der Waals surface area (Å²) in [7, 11) is 0. The van der Waals surface area contributed by atoms with Crippen LogP contribution in [0, 0.1) is 12.3 Å². The first kappa shape index (κ1) is 46.5. The Hall–Kier alpha value is -5.54. The summed E-state index contributed by atoms with van der Waals surface area (Å²) in [5, 5.41) is 50.0. The van der Waals surface area contributed by atoms with Crippen molar-refractivity contribution in [3.63, 3.8) is 0 Å². The number of ether oxygens (including phenoxy) is 2. The zero-order valence-corrected chi connectivity index (χ0v) is 37.1. The van der Waals surface area contributed by atoms with Gasteiger partial charge in [-0.2, -0.15) is 0 Å². The summed E-state index contributed by atoms with van der Waals surface area (Å²) >= 11 is 7.92. The molecule has 3 amide bonds. The van der Waals surface area contributed by atoms with Gasteiger partial charge in [0.25, 0.3) is 0 Å². The third kappa shape index (κ3) is 10.0. The number of aromatic nitrogens is 4. The van der Waals surface area contributed by atoms with Crippen LogP contribution in [0.15, 0.2) is 66.6 Å². The Labute approximate surface area is 377 Å². The van der Waals surface area contributed by atoms with E-state index >= 15 is 0 Å². The van der Waals surface area contributed by atoms with Gasteiger partial charge in [-0.15, -0.1) is 11.3 Å². The number of amides is 3. The fourth-order valence-corrected chi connectivity index (χ4v) is 8.86. The Morgan fingerprint density at radius 3 is 2.48 bits per heavy atom. The highest BCUT2D eigenvalue weighted by atomic mass is 35.5. The van der Waals surface area contributed by atoms with E-state index in [1.807, 2.05) is 31.2 Å². The highest BCUT2D eigenvalue weighted by molar-refractivity contribution is 7.13. The summed E-state index contributed by atoms with van der Waals surface area (Å²) in [4.78, 5) is 68.6. The number of Topliss-reactive ketones (excluding diaryl/α,β-unsaturated/α-hetero) is 1. The van der Waals surface area contributed by atoms with E-state index in [-0.39, 0.29) is 54.5 Å². The molecule has 20 heteroatoms. The van der Waals surface area contributed by atoms with Gasteiger partial charge >= 0.3 is 0 Å². The molecule has 0 saturated carbocycles. The lowest BCUT2D eigenvalue weighted by atomic mass is 9.85. The van der Waals surface area contributed by atoms with Gasteiger partial charge in [-0.1, -0.05) is 62.7 Å². The topological polar surface area (TPSA) is 265 Å². The molecular weight excluding hydrogens is 868 g/mol. The molecule has 2 aliphatic rings. The average molecular weight is 919 g/mol. The molecule has 2 aliphatic heterocycles. The number of benzene rings is 2. The van der Waals surface area contributed by atoms with E-state index in [0.29, 0.717) is 11.0 Å². The number of carbonyl (C=O) groups excluding carboxylic acids is 4. The number of nitrogens with one attached hydrogen (secondary N) is 2. The number of thiazole rings is 1. The molecule has 3 aromatic heterocycles. The standard InChI is InChI=1S/C44H51ClN8O10S/c1-22-37(64-21-50-22)24-7-5-23(6-8-24)17-47-41(60)30-16-27(55)18-53(30)42(61)38(44(2,3)4)51-32(56)12-10-26(54)19-62-31-15-25(9-11-29(31)45)33(57)36-34(58)35(59)43(63-36)52-14-13-28-39(46)48-20-49-40(28)52/h5-9,11,13-15,20-21,27,30,33-36,38,43,55,57-59H,10,12,16-19H2,1-4H3,(H,47,60)(H,51,56)(H2,46,48,49)/t27-,30+,33-,34+,35-,36-,38-,43-/m1/s1. The third-order valence-corrected chi connectivity index (χ3v) is 12.7. The van der Waals surface area contributed by atoms with Gasteiger partial charge in [-0.05, 0) is 47.2 Å². The second-order valence-corrected chi connectivity index (χ2v) is 18.4. The number of halogens is 1. The monoisotopic (exact) mass is 918 g/mol. The molecule has 7 rings (SSSR count). The minimum Gasteiger partial charge on any atom is -0.484 e. The molecule has 0 bridgehead atoms. The summed E-state index contributed by atoms with van der Waals surface area (Å²) in [5.41, 5.74) is 10.3. The first-order valence-electron chi connectivity index (χ1n) is 20.7. The zero-order chi connectivity index (χ0) is 46.0. The summed E-state index contributed by atoms with van der Waals surface area (Å²) < 4.78 is 13.1. The van der Waals surface area contributed by atoms with Crippen molar-refractivity contribution in [1.82, 2.24) is 35.1 Å². The maximum Gasteiger partial charge on any atom is 0.246 e. The average Bonchev–Trinajstić information content (AvgIpc) is 4.06. The number of ketones is 1. The number of fused-ring (bicyclic) bond motifs is 1. The predicted molar refractivity (Wildman–Crippen MR) is 236 cm³/mol. The second kappa shape index (κ2) is 19.3. The number of carbonyl (C=O) groups is 4. The van der Waals surface area contributed by atoms with Crippen molar-refractivity contribution in [2.45, 2.75) is 102 Å². The lowest BCUT2D eigenvalue weighted by Crippen LogP contribution is -2.57. The number of nitrogens with zero attached hydrogens (tertiary/aromatic N) is 5. The minimum absolute atomic E-state index is 0.0324. The van der Waals surface area contributed by atoms with Crippen LogP contribution in [0.1, 0.15) is 69.2 Å². The van der Waals surface area contributed by atoms with E-state index in [9.17, 15) is 39.6 Å². The van der Waals surface area contributed by atoms with Crippen molar-refractivity contribution in [2.75, 3.05) is 18.9 Å². The highest BCUT2D eigenvalue weighted by Gasteiger charge is 2.48.